The molecule has 10 aromatic rings. The van der Waals surface area contributed by atoms with Gasteiger partial charge in [0.25, 0.3) is 5.91 Å². The van der Waals surface area contributed by atoms with E-state index < -0.39 is 12.9 Å². The standard InChI is InChI=1S/C26H25FN6O.C17H27BN2O3.C14H9FIN5/c1-32(2)10-4-5-23(34)16-6-8-17(9-7-16)24-20(27)13-29-26-25(24)19-11-21(28-14-22(19)31-26)18-12-30-33(3)15-18;1-16(2)17(3,4)23-18(22-16)14-9-7-13(8-10-14)15(21)19-11-12-20(5)6;1-21-6-7(3-19-21)10-2-8-11(5-17-10)20-14-12(8)13(16)9(15)4-18-14/h6-9,11-15H,4-5,10H2,1-3H3,(H,29,31);7-10H,11-12H2,1-6H3,(H,19,21);2-6H,1H3,(H,18,20). The van der Waals surface area contributed by atoms with Crippen molar-refractivity contribution in [1.29, 1.82) is 0 Å². The summed E-state index contributed by atoms with van der Waals surface area (Å²) < 4.78 is 45.0. The quantitative estimate of drug-likeness (QED) is 0.0565. The fourth-order valence-corrected chi connectivity index (χ4v) is 9.61. The highest BCUT2D eigenvalue weighted by Crippen LogP contribution is 2.38. The average molecular weight is 1170 g/mol. The van der Waals surface area contributed by atoms with Crippen molar-refractivity contribution in [2.24, 2.45) is 14.1 Å². The zero-order chi connectivity index (χ0) is 55.6. The molecule has 1 aliphatic rings. The SMILES string of the molecule is CN(C)CCCC(=O)c1ccc(-c2c(F)cnc3[nH]c4cnc(-c5cnn(C)c5)cc4c23)cc1.CN(C)CCNC(=O)c1ccc(B2OC(C)(C)C(C)(C)O2)cc1.Cn1cc(-c2cc3c(cn2)[nH]c2ncc(F)c(I)c23)cn1. The van der Waals surface area contributed by atoms with Gasteiger partial charge >= 0.3 is 7.12 Å². The molecule has 0 radical (unpaired) electrons. The van der Waals surface area contributed by atoms with E-state index in [1.807, 2.05) is 146 Å². The second-order valence-electron chi connectivity index (χ2n) is 20.8. The van der Waals surface area contributed by atoms with Crippen LogP contribution >= 0.6 is 22.6 Å². The van der Waals surface area contributed by atoms with Crippen LogP contribution in [0, 0.1) is 15.2 Å². The molecular weight excluding hydrogens is 1110 g/mol. The van der Waals surface area contributed by atoms with E-state index >= 15 is 4.39 Å². The Morgan fingerprint density at radius 2 is 1.18 bits per heavy atom. The highest BCUT2D eigenvalue weighted by molar-refractivity contribution is 14.1. The van der Waals surface area contributed by atoms with Crippen LogP contribution in [-0.2, 0) is 23.4 Å². The molecule has 21 heteroatoms. The second-order valence-corrected chi connectivity index (χ2v) is 21.9. The van der Waals surface area contributed by atoms with Gasteiger partial charge in [-0.15, -0.1) is 0 Å². The fourth-order valence-electron chi connectivity index (χ4n) is 8.92. The Bertz CT molecular complexity index is 3780. The number of ketones is 1. The molecule has 2 aromatic carbocycles. The number of hydrogen-bond donors (Lipinski definition) is 3. The number of pyridine rings is 4. The molecule has 3 N–H and O–H groups in total. The van der Waals surface area contributed by atoms with E-state index in [4.69, 9.17) is 9.31 Å². The van der Waals surface area contributed by atoms with Crippen molar-refractivity contribution in [3.8, 4) is 33.6 Å². The Balaban J connectivity index is 0.000000148. The minimum atomic E-state index is -0.418. The number of aryl methyl sites for hydroxylation is 2. The molecule has 1 saturated heterocycles. The lowest BCUT2D eigenvalue weighted by atomic mass is 9.79. The van der Waals surface area contributed by atoms with E-state index in [0.717, 1.165) is 74.7 Å². The first-order chi connectivity index (χ1) is 37.2. The van der Waals surface area contributed by atoms with Crippen LogP contribution < -0.4 is 10.8 Å². The molecule has 0 spiro atoms. The molecule has 1 amide bonds. The smallest absolute Gasteiger partial charge is 0.399 e. The molecule has 8 aromatic heterocycles. The van der Waals surface area contributed by atoms with Crippen LogP contribution in [0.15, 0.2) is 110 Å². The van der Waals surface area contributed by atoms with Crippen LogP contribution in [0.1, 0.15) is 61.3 Å². The van der Waals surface area contributed by atoms with Gasteiger partial charge in [-0.05, 0) is 127 Å². The number of benzene rings is 2. The van der Waals surface area contributed by atoms with Crippen molar-refractivity contribution >= 4 is 90.7 Å². The molecular formula is C57H61BF2IN13O4. The maximum Gasteiger partial charge on any atom is 0.494 e. The maximum absolute atomic E-state index is 15.2. The molecule has 0 bridgehead atoms. The van der Waals surface area contributed by atoms with Crippen molar-refractivity contribution in [1.82, 2.24) is 64.6 Å². The molecule has 9 heterocycles. The Morgan fingerprint density at radius 3 is 1.71 bits per heavy atom. The summed E-state index contributed by atoms with van der Waals surface area (Å²) in [7, 11) is 11.2. The molecule has 0 saturated carbocycles. The number of nitrogens with one attached hydrogen (secondary N) is 3. The van der Waals surface area contributed by atoms with Gasteiger partial charge in [0.15, 0.2) is 11.6 Å². The lowest BCUT2D eigenvalue weighted by Gasteiger charge is -2.32. The number of amides is 1. The number of H-pyrrole nitrogens is 2. The monoisotopic (exact) mass is 1170 g/mol. The van der Waals surface area contributed by atoms with Gasteiger partial charge < -0.3 is 34.4 Å². The van der Waals surface area contributed by atoms with Gasteiger partial charge in [0, 0.05) is 95.4 Å². The highest BCUT2D eigenvalue weighted by Gasteiger charge is 2.51. The predicted molar refractivity (Wildman–Crippen MR) is 310 cm³/mol. The van der Waals surface area contributed by atoms with Crippen LogP contribution in [0.5, 0.6) is 0 Å². The summed E-state index contributed by atoms with van der Waals surface area (Å²) >= 11 is 2.01. The number of carbonyl (C=O) groups excluding carboxylic acids is 2. The Labute approximate surface area is 464 Å². The number of likely N-dealkylation sites (N-methyl/N-ethyl adjacent to an activating group) is 1. The van der Waals surface area contributed by atoms with E-state index in [1.54, 1.807) is 58.4 Å². The largest absolute Gasteiger partial charge is 0.494 e. The molecule has 402 valence electrons. The van der Waals surface area contributed by atoms with Crippen molar-refractivity contribution in [3.05, 3.63) is 137 Å². The number of fused-ring (bicyclic) bond motifs is 6. The second kappa shape index (κ2) is 23.0. The zero-order valence-electron chi connectivity index (χ0n) is 45.2. The summed E-state index contributed by atoms with van der Waals surface area (Å²) in [4.78, 5) is 52.4. The van der Waals surface area contributed by atoms with Gasteiger partial charge in [-0.3, -0.25) is 28.9 Å². The van der Waals surface area contributed by atoms with E-state index in [-0.39, 0.29) is 28.7 Å². The minimum absolute atomic E-state index is 0.0627. The fraction of sp³-hybridized carbons (Fsp3) is 0.298. The third-order valence-corrected chi connectivity index (χ3v) is 15.0. The number of nitrogens with zero attached hydrogens (tertiary/aromatic N) is 10. The number of aromatic amines is 2. The van der Waals surface area contributed by atoms with Gasteiger partial charge in [-0.1, -0.05) is 36.4 Å². The van der Waals surface area contributed by atoms with Crippen molar-refractivity contribution in [2.75, 3.05) is 47.8 Å². The first kappa shape index (κ1) is 55.4. The number of aromatic nitrogens is 10. The number of hydrogen-bond acceptors (Lipinski definition) is 12. The number of Topliss-reactive ketones (excluding diaryl/α,β-unsaturated/α-hetero) is 1. The Hall–Kier alpha value is -7.31. The summed E-state index contributed by atoms with van der Waals surface area (Å²) in [5.74, 6) is -0.706. The Morgan fingerprint density at radius 1 is 0.667 bits per heavy atom. The summed E-state index contributed by atoms with van der Waals surface area (Å²) in [6.45, 7) is 10.4. The van der Waals surface area contributed by atoms with Crippen LogP contribution in [0.3, 0.4) is 0 Å². The van der Waals surface area contributed by atoms with Gasteiger partial charge in [0.05, 0.1) is 74.4 Å². The summed E-state index contributed by atoms with van der Waals surface area (Å²) in [6.07, 6.45) is 14.5. The van der Waals surface area contributed by atoms with Crippen LogP contribution in [0.2, 0.25) is 0 Å². The van der Waals surface area contributed by atoms with Gasteiger partial charge in [-0.2, -0.15) is 10.2 Å². The minimum Gasteiger partial charge on any atom is -0.399 e. The van der Waals surface area contributed by atoms with E-state index in [1.165, 1.54) is 12.4 Å². The third kappa shape index (κ3) is 12.0. The van der Waals surface area contributed by atoms with Crippen LogP contribution in [0.4, 0.5) is 8.78 Å². The van der Waals surface area contributed by atoms with Gasteiger partial charge in [-0.25, -0.2) is 18.7 Å². The van der Waals surface area contributed by atoms with Crippen molar-refractivity contribution in [2.45, 2.75) is 51.7 Å². The average Bonchev–Trinajstić information content (AvgIpc) is 4.31. The van der Waals surface area contributed by atoms with Crippen LogP contribution in [-0.4, -0.2) is 137 Å². The topological polar surface area (TPSA) is 190 Å². The maximum atomic E-state index is 15.2. The number of rotatable bonds is 13. The van der Waals surface area contributed by atoms with E-state index in [2.05, 4.69) is 50.3 Å². The lowest BCUT2D eigenvalue weighted by Crippen LogP contribution is -2.41. The van der Waals surface area contributed by atoms with Crippen LogP contribution in [0.25, 0.3) is 77.5 Å². The summed E-state index contributed by atoms with van der Waals surface area (Å²) in [6, 6.07) is 18.4. The summed E-state index contributed by atoms with van der Waals surface area (Å²) in [5.41, 5.74) is 8.83. The van der Waals surface area contributed by atoms with Gasteiger partial charge in [0.2, 0.25) is 0 Å². The molecule has 11 rings (SSSR count). The lowest BCUT2D eigenvalue weighted by molar-refractivity contribution is 0.00578. The zero-order valence-corrected chi connectivity index (χ0v) is 47.4. The van der Waals surface area contributed by atoms with E-state index in [0.29, 0.717) is 55.5 Å². The number of halogens is 3. The molecule has 17 nitrogen and oxygen atoms in total. The number of carbonyl (C=O) groups is 2. The molecule has 1 fully saturated rings. The molecule has 1 aliphatic heterocycles. The first-order valence-electron chi connectivity index (χ1n) is 25.4. The molecule has 78 heavy (non-hydrogen) atoms. The van der Waals surface area contributed by atoms with Crippen molar-refractivity contribution < 1.29 is 27.7 Å². The van der Waals surface area contributed by atoms with Crippen molar-refractivity contribution in [3.63, 3.8) is 0 Å². The van der Waals surface area contributed by atoms with E-state index in [9.17, 15) is 14.0 Å². The molecule has 0 unspecified atom stereocenters. The third-order valence-electron chi connectivity index (χ3n) is 13.9. The Kier molecular flexibility index (Phi) is 16.3. The summed E-state index contributed by atoms with van der Waals surface area (Å²) in [5, 5.41) is 14.5. The normalized spacial score (nSPS) is 13.9. The first-order valence-corrected chi connectivity index (χ1v) is 26.5. The predicted octanol–water partition coefficient (Wildman–Crippen LogP) is 9.37. The van der Waals surface area contributed by atoms with Gasteiger partial charge in [0.1, 0.15) is 17.1 Å². The molecule has 0 aliphatic carbocycles. The molecule has 0 atom stereocenters. The highest BCUT2D eigenvalue weighted by atomic mass is 127.